The summed E-state index contributed by atoms with van der Waals surface area (Å²) in [4.78, 5) is 19.7. The fraction of sp³-hybridized carbons (Fsp3) is 0.214. The van der Waals surface area contributed by atoms with Crippen molar-refractivity contribution >= 4 is 38.6 Å². The van der Waals surface area contributed by atoms with E-state index in [0.717, 1.165) is 45.4 Å². The van der Waals surface area contributed by atoms with Crippen molar-refractivity contribution in [1.82, 2.24) is 4.98 Å². The van der Waals surface area contributed by atoms with Crippen molar-refractivity contribution in [3.63, 3.8) is 0 Å². The van der Waals surface area contributed by atoms with Gasteiger partial charge in [-0.05, 0) is 54.1 Å². The summed E-state index contributed by atoms with van der Waals surface area (Å²) in [5, 5.41) is 17.0. The Hall–Kier alpha value is -5.03. The minimum Gasteiger partial charge on any atom is -0.494 e. The summed E-state index contributed by atoms with van der Waals surface area (Å²) in [5.74, 6) is -0.424. The van der Waals surface area contributed by atoms with Crippen molar-refractivity contribution in [2.75, 3.05) is 25.1 Å². The van der Waals surface area contributed by atoms with E-state index in [4.69, 9.17) is 41.1 Å². The predicted octanol–water partition coefficient (Wildman–Crippen LogP) is 5.27. The quantitative estimate of drug-likeness (QED) is 0.125. The van der Waals surface area contributed by atoms with E-state index in [1.54, 1.807) is 35.6 Å². The first-order valence-corrected chi connectivity index (χ1v) is 13.1. The molecule has 0 saturated carbocycles. The molecule has 0 aliphatic carbocycles. The summed E-state index contributed by atoms with van der Waals surface area (Å²) in [5.41, 5.74) is 13.3. The Labute approximate surface area is 243 Å². The second-order valence-electron chi connectivity index (χ2n) is 8.68. The molecule has 0 amide bonds. The number of rotatable bonds is 10. The van der Waals surface area contributed by atoms with Gasteiger partial charge in [0.2, 0.25) is 0 Å². The fourth-order valence-corrected chi connectivity index (χ4v) is 4.30. The van der Waals surface area contributed by atoms with Crippen molar-refractivity contribution in [3.8, 4) is 23.3 Å². The Morgan fingerprint density at radius 3 is 2.29 bits per heavy atom. The zero-order chi connectivity index (χ0) is 30.7. The number of fused-ring (bicyclic) bond motifs is 1. The number of hydrogen-bond donors (Lipinski definition) is 3. The molecule has 0 fully saturated rings. The van der Waals surface area contributed by atoms with Gasteiger partial charge in [0.15, 0.2) is 11.1 Å². The first kappa shape index (κ1) is 31.5. The Balaban J connectivity index is 0.000000616. The number of carboxylic acids is 1. The number of carboxylic acid groups (broad SMARTS) is 1. The maximum Gasteiger partial charge on any atom is 0.490 e. The molecule has 0 unspecified atom stereocenters. The lowest BCUT2D eigenvalue weighted by molar-refractivity contribution is -0.192. The van der Waals surface area contributed by atoms with Crippen molar-refractivity contribution in [3.05, 3.63) is 77.9 Å². The minimum atomic E-state index is -5.08. The van der Waals surface area contributed by atoms with Crippen LogP contribution in [0.2, 0.25) is 0 Å². The number of anilines is 1. The number of nitriles is 1. The molecule has 0 spiro atoms. The van der Waals surface area contributed by atoms with Crippen LogP contribution < -0.4 is 25.8 Å². The first-order valence-electron chi connectivity index (χ1n) is 12.3. The van der Waals surface area contributed by atoms with E-state index < -0.39 is 12.1 Å². The molecule has 0 radical (unpaired) electrons. The number of nitrogens with zero attached hydrogens (tertiary/aromatic N) is 4. The molecule has 0 bridgehead atoms. The smallest absolute Gasteiger partial charge is 0.490 e. The van der Waals surface area contributed by atoms with E-state index in [-0.39, 0.29) is 5.96 Å². The van der Waals surface area contributed by atoms with Crippen molar-refractivity contribution in [2.24, 2.45) is 16.5 Å². The summed E-state index contributed by atoms with van der Waals surface area (Å²) in [6, 6.07) is 23.1. The average molecular weight is 601 g/mol. The van der Waals surface area contributed by atoms with Crippen LogP contribution in [-0.2, 0) is 11.3 Å². The molecule has 5 N–H and O–H groups in total. The minimum absolute atomic E-state index is 0.100. The van der Waals surface area contributed by atoms with Crippen LogP contribution in [0.25, 0.3) is 10.2 Å². The average Bonchev–Trinajstić information content (AvgIpc) is 3.38. The Bertz CT molecular complexity index is 1550. The SMILES string of the molecule is CN(Cc1ccc(OCCCN=C(N)N)cc1)c1nc2ccc(Oc3ccc(C#N)cc3)cc2s1.O=C(O)C(F)(F)F. The highest BCUT2D eigenvalue weighted by Crippen LogP contribution is 2.33. The third kappa shape index (κ3) is 9.86. The van der Waals surface area contributed by atoms with Gasteiger partial charge in [0.1, 0.15) is 17.2 Å². The van der Waals surface area contributed by atoms with Gasteiger partial charge >= 0.3 is 12.1 Å². The molecular formula is C28H27F3N6O4S. The maximum absolute atomic E-state index is 10.6. The van der Waals surface area contributed by atoms with Crippen LogP contribution in [0.1, 0.15) is 17.5 Å². The van der Waals surface area contributed by atoms with Gasteiger partial charge in [-0.2, -0.15) is 18.4 Å². The van der Waals surface area contributed by atoms with Crippen LogP contribution >= 0.6 is 11.3 Å². The van der Waals surface area contributed by atoms with Gasteiger partial charge in [-0.1, -0.05) is 23.5 Å². The van der Waals surface area contributed by atoms with Gasteiger partial charge in [-0.3, -0.25) is 4.99 Å². The molecule has 3 aromatic carbocycles. The van der Waals surface area contributed by atoms with E-state index in [0.29, 0.717) is 24.5 Å². The van der Waals surface area contributed by atoms with Gasteiger partial charge in [-0.25, -0.2) is 9.78 Å². The van der Waals surface area contributed by atoms with E-state index in [2.05, 4.69) is 28.1 Å². The molecule has 0 saturated heterocycles. The van der Waals surface area contributed by atoms with Crippen LogP contribution in [0.15, 0.2) is 71.7 Å². The van der Waals surface area contributed by atoms with E-state index in [1.165, 1.54) is 0 Å². The molecule has 4 rings (SSSR count). The number of nitrogens with two attached hydrogens (primary N) is 2. The third-order valence-electron chi connectivity index (χ3n) is 5.35. The molecule has 220 valence electrons. The highest BCUT2D eigenvalue weighted by molar-refractivity contribution is 7.22. The van der Waals surface area contributed by atoms with E-state index in [9.17, 15) is 13.2 Å². The zero-order valence-electron chi connectivity index (χ0n) is 22.3. The highest BCUT2D eigenvalue weighted by Gasteiger charge is 2.38. The number of carbonyl (C=O) groups is 1. The fourth-order valence-electron chi connectivity index (χ4n) is 3.35. The van der Waals surface area contributed by atoms with Gasteiger partial charge in [-0.15, -0.1) is 0 Å². The summed E-state index contributed by atoms with van der Waals surface area (Å²) in [6.07, 6.45) is -4.33. The molecule has 42 heavy (non-hydrogen) atoms. The molecule has 14 heteroatoms. The van der Waals surface area contributed by atoms with Crippen molar-refractivity contribution < 1.29 is 32.5 Å². The van der Waals surface area contributed by atoms with Crippen LogP contribution in [0, 0.1) is 11.3 Å². The lowest BCUT2D eigenvalue weighted by atomic mass is 10.2. The monoisotopic (exact) mass is 600 g/mol. The summed E-state index contributed by atoms with van der Waals surface area (Å²) in [7, 11) is 2.03. The lowest BCUT2D eigenvalue weighted by Gasteiger charge is -2.16. The van der Waals surface area contributed by atoms with Crippen LogP contribution in [0.5, 0.6) is 17.2 Å². The predicted molar refractivity (Wildman–Crippen MR) is 154 cm³/mol. The summed E-state index contributed by atoms with van der Waals surface area (Å²) >= 11 is 1.61. The van der Waals surface area contributed by atoms with Crippen LogP contribution in [-0.4, -0.2) is 48.4 Å². The molecule has 0 aliphatic heterocycles. The second kappa shape index (κ2) is 14.6. The summed E-state index contributed by atoms with van der Waals surface area (Å²) < 4.78 is 44.5. The maximum atomic E-state index is 10.6. The van der Waals surface area contributed by atoms with Crippen LogP contribution in [0.4, 0.5) is 18.3 Å². The van der Waals surface area contributed by atoms with Gasteiger partial charge in [0.25, 0.3) is 0 Å². The first-order chi connectivity index (χ1) is 19.9. The molecule has 4 aromatic rings. The topological polar surface area (TPSA) is 160 Å². The summed E-state index contributed by atoms with van der Waals surface area (Å²) in [6.45, 7) is 1.83. The number of alkyl halides is 3. The zero-order valence-corrected chi connectivity index (χ0v) is 23.2. The number of aromatic nitrogens is 1. The molecule has 1 heterocycles. The molecule has 0 aliphatic rings. The lowest BCUT2D eigenvalue weighted by Crippen LogP contribution is -2.23. The molecule has 10 nitrogen and oxygen atoms in total. The van der Waals surface area contributed by atoms with Crippen molar-refractivity contribution in [2.45, 2.75) is 19.1 Å². The van der Waals surface area contributed by atoms with Crippen molar-refractivity contribution in [1.29, 1.82) is 5.26 Å². The van der Waals surface area contributed by atoms with Gasteiger partial charge in [0.05, 0.1) is 28.5 Å². The number of aliphatic imine (C=N–C) groups is 1. The van der Waals surface area contributed by atoms with Crippen LogP contribution in [0.3, 0.4) is 0 Å². The number of hydrogen-bond acceptors (Lipinski definition) is 8. The number of aliphatic carboxylic acids is 1. The second-order valence-corrected chi connectivity index (χ2v) is 9.68. The molecule has 0 atom stereocenters. The Kier molecular flexibility index (Phi) is 10.9. The van der Waals surface area contributed by atoms with Gasteiger partial charge < -0.3 is 30.9 Å². The number of ether oxygens (including phenoxy) is 2. The van der Waals surface area contributed by atoms with E-state index >= 15 is 0 Å². The largest absolute Gasteiger partial charge is 0.494 e. The Morgan fingerprint density at radius 2 is 1.69 bits per heavy atom. The number of halogens is 3. The Morgan fingerprint density at radius 1 is 1.07 bits per heavy atom. The standard InChI is InChI=1S/C26H26N6O2S.C2HF3O2/c1-32(17-19-5-7-20(8-6-19)33-14-2-13-30-25(28)29)26-31-23-12-11-22(15-24(23)35-26)34-21-9-3-18(16-27)4-10-21;3-2(4,5)1(6)7/h3-12,15H,2,13-14,17H2,1H3,(H4,28,29,30);(H,6,7). The van der Waals surface area contributed by atoms with E-state index in [1.807, 2.05) is 37.4 Å². The normalized spacial score (nSPS) is 10.6. The molecular weight excluding hydrogens is 573 g/mol. The molecule has 1 aromatic heterocycles. The third-order valence-corrected chi connectivity index (χ3v) is 6.48. The highest BCUT2D eigenvalue weighted by atomic mass is 32.1. The van der Waals surface area contributed by atoms with Gasteiger partial charge in [0, 0.05) is 32.6 Å². The number of guanidine groups is 1. The number of benzene rings is 3. The number of thiazole rings is 1.